The van der Waals surface area contributed by atoms with Gasteiger partial charge in [0.1, 0.15) is 24.7 Å². The van der Waals surface area contributed by atoms with Crippen molar-refractivity contribution in [2.75, 3.05) is 0 Å². The van der Waals surface area contributed by atoms with E-state index < -0.39 is 0 Å². The summed E-state index contributed by atoms with van der Waals surface area (Å²) in [7, 11) is 0. The van der Waals surface area contributed by atoms with Crippen LogP contribution >= 0.6 is 0 Å². The summed E-state index contributed by atoms with van der Waals surface area (Å²) in [4.78, 5) is 0. The molecule has 0 fully saturated rings. The van der Waals surface area contributed by atoms with Crippen LogP contribution in [-0.4, -0.2) is 0 Å². The smallest absolute Gasteiger partial charge is 0.124 e. The number of para-hydroxylation sites is 2. The van der Waals surface area contributed by atoms with Gasteiger partial charge in [0.05, 0.1) is 0 Å². The third-order valence-corrected chi connectivity index (χ3v) is 6.01. The molecular formula is C30H30N2O2. The highest BCUT2D eigenvalue weighted by molar-refractivity contribution is 5.35. The summed E-state index contributed by atoms with van der Waals surface area (Å²) in [6.45, 7) is 4.16. The number of fused-ring (bicyclic) bond motifs is 6. The standard InChI is InChI=1S/C30H30N2O2/c1-3-13-29-27(11-1)19-31-17-23-7-5-8-24(15-23)18-32-20-28-12-2-4-14-30(28)34-22-26-10-6-9-25(16-26)21-33-29/h1-16,31-32H,17-22H2. The van der Waals surface area contributed by atoms with Crippen LogP contribution < -0.4 is 20.1 Å². The summed E-state index contributed by atoms with van der Waals surface area (Å²) in [6.07, 6.45) is 0. The number of benzene rings is 4. The normalized spacial score (nSPS) is 14.6. The zero-order chi connectivity index (χ0) is 23.0. The molecule has 0 aliphatic carbocycles. The average Bonchev–Trinajstić information content (AvgIpc) is 2.88. The molecule has 4 bridgehead atoms. The SMILES string of the molecule is c1cc2cc(c1)CNCc1ccccc1OCc1cccc(c1)COc1ccccc1CNC2. The van der Waals surface area contributed by atoms with Gasteiger partial charge in [-0.2, -0.15) is 0 Å². The summed E-state index contributed by atoms with van der Waals surface area (Å²) in [6, 6.07) is 33.6. The van der Waals surface area contributed by atoms with E-state index in [0.29, 0.717) is 13.2 Å². The van der Waals surface area contributed by atoms with Gasteiger partial charge in [-0.3, -0.25) is 0 Å². The molecular weight excluding hydrogens is 420 g/mol. The lowest BCUT2D eigenvalue weighted by Gasteiger charge is -2.15. The lowest BCUT2D eigenvalue weighted by Crippen LogP contribution is -2.16. The molecule has 4 nitrogen and oxygen atoms in total. The fraction of sp³-hybridized carbons (Fsp3) is 0.200. The maximum atomic E-state index is 6.22. The van der Waals surface area contributed by atoms with E-state index in [-0.39, 0.29) is 0 Å². The molecule has 5 rings (SSSR count). The van der Waals surface area contributed by atoms with Gasteiger partial charge in [-0.05, 0) is 40.5 Å². The molecule has 0 unspecified atom stereocenters. The third-order valence-electron chi connectivity index (χ3n) is 6.01. The van der Waals surface area contributed by atoms with Crippen LogP contribution in [0.4, 0.5) is 0 Å². The molecule has 0 aromatic heterocycles. The maximum Gasteiger partial charge on any atom is 0.124 e. The summed E-state index contributed by atoms with van der Waals surface area (Å²) in [5.74, 6) is 1.83. The fourth-order valence-corrected chi connectivity index (χ4v) is 4.25. The molecule has 172 valence electrons. The van der Waals surface area contributed by atoms with Crippen LogP contribution in [0, 0.1) is 0 Å². The van der Waals surface area contributed by atoms with Gasteiger partial charge in [0, 0.05) is 37.3 Å². The average molecular weight is 451 g/mol. The first-order chi connectivity index (χ1) is 16.8. The summed E-state index contributed by atoms with van der Waals surface area (Å²) in [5, 5.41) is 7.15. The predicted octanol–water partition coefficient (Wildman–Crippen LogP) is 5.74. The molecule has 4 heteroatoms. The first-order valence-electron chi connectivity index (χ1n) is 11.8. The quantitative estimate of drug-likeness (QED) is 0.359. The van der Waals surface area contributed by atoms with Crippen LogP contribution in [0.1, 0.15) is 33.4 Å². The lowest BCUT2D eigenvalue weighted by molar-refractivity contribution is 0.296. The second-order valence-electron chi connectivity index (χ2n) is 8.64. The van der Waals surface area contributed by atoms with Crippen molar-refractivity contribution in [3.8, 4) is 11.5 Å². The van der Waals surface area contributed by atoms with Crippen LogP contribution in [0.2, 0.25) is 0 Å². The molecule has 4 aromatic carbocycles. The van der Waals surface area contributed by atoms with Crippen LogP contribution in [0.3, 0.4) is 0 Å². The first kappa shape index (κ1) is 22.2. The molecule has 34 heavy (non-hydrogen) atoms. The van der Waals surface area contributed by atoms with Crippen LogP contribution in [0.25, 0.3) is 0 Å². The van der Waals surface area contributed by atoms with Crippen molar-refractivity contribution in [3.05, 3.63) is 130 Å². The van der Waals surface area contributed by atoms with Crippen molar-refractivity contribution in [2.24, 2.45) is 0 Å². The second-order valence-corrected chi connectivity index (χ2v) is 8.64. The van der Waals surface area contributed by atoms with Crippen LogP contribution in [-0.2, 0) is 39.4 Å². The van der Waals surface area contributed by atoms with Crippen molar-refractivity contribution in [3.63, 3.8) is 0 Å². The van der Waals surface area contributed by atoms with E-state index >= 15 is 0 Å². The number of hydrogen-bond acceptors (Lipinski definition) is 4. The molecule has 0 atom stereocenters. The molecule has 0 saturated carbocycles. The number of rotatable bonds is 0. The fourth-order valence-electron chi connectivity index (χ4n) is 4.25. The topological polar surface area (TPSA) is 42.5 Å². The summed E-state index contributed by atoms with van der Waals surface area (Å²) in [5.41, 5.74) is 7.12. The van der Waals surface area contributed by atoms with Crippen molar-refractivity contribution >= 4 is 0 Å². The second kappa shape index (κ2) is 11.0. The Morgan fingerprint density at radius 3 is 1.41 bits per heavy atom. The first-order valence-corrected chi connectivity index (χ1v) is 11.8. The Balaban J connectivity index is 1.40. The Labute approximate surface area is 201 Å². The van der Waals surface area contributed by atoms with E-state index in [1.165, 1.54) is 11.1 Å². The minimum atomic E-state index is 0.521. The van der Waals surface area contributed by atoms with E-state index in [1.54, 1.807) is 0 Å². The van der Waals surface area contributed by atoms with Crippen LogP contribution in [0.5, 0.6) is 11.5 Å². The Kier molecular flexibility index (Phi) is 7.19. The van der Waals surface area contributed by atoms with Crippen molar-refractivity contribution in [1.82, 2.24) is 10.6 Å². The Morgan fingerprint density at radius 1 is 0.441 bits per heavy atom. The zero-order valence-corrected chi connectivity index (χ0v) is 19.3. The van der Waals surface area contributed by atoms with Gasteiger partial charge in [-0.15, -0.1) is 0 Å². The molecule has 1 aliphatic rings. The molecule has 0 radical (unpaired) electrons. The van der Waals surface area contributed by atoms with E-state index in [2.05, 4.69) is 83.4 Å². The van der Waals surface area contributed by atoms with Crippen molar-refractivity contribution < 1.29 is 9.47 Å². The van der Waals surface area contributed by atoms with Gasteiger partial charge >= 0.3 is 0 Å². The maximum absolute atomic E-state index is 6.22. The highest BCUT2D eigenvalue weighted by atomic mass is 16.5. The molecule has 0 spiro atoms. The minimum absolute atomic E-state index is 0.521. The molecule has 1 heterocycles. The van der Waals surface area contributed by atoms with Gasteiger partial charge in [0.25, 0.3) is 0 Å². The monoisotopic (exact) mass is 450 g/mol. The number of hydrogen-bond donors (Lipinski definition) is 2. The van der Waals surface area contributed by atoms with Gasteiger partial charge in [0.2, 0.25) is 0 Å². The molecule has 0 amide bonds. The van der Waals surface area contributed by atoms with Gasteiger partial charge in [-0.25, -0.2) is 0 Å². The Morgan fingerprint density at radius 2 is 0.882 bits per heavy atom. The molecule has 4 aromatic rings. The third kappa shape index (κ3) is 5.84. The number of ether oxygens (including phenoxy) is 2. The Bertz CT molecular complexity index is 1150. The summed E-state index contributed by atoms with van der Waals surface area (Å²) >= 11 is 0. The van der Waals surface area contributed by atoms with Gasteiger partial charge in [0.15, 0.2) is 0 Å². The van der Waals surface area contributed by atoms with E-state index in [4.69, 9.17) is 9.47 Å². The summed E-state index contributed by atoms with van der Waals surface area (Å²) < 4.78 is 12.4. The van der Waals surface area contributed by atoms with Crippen molar-refractivity contribution in [2.45, 2.75) is 39.4 Å². The van der Waals surface area contributed by atoms with Crippen molar-refractivity contribution in [1.29, 1.82) is 0 Å². The van der Waals surface area contributed by atoms with E-state index in [1.807, 2.05) is 24.3 Å². The zero-order valence-electron chi connectivity index (χ0n) is 19.3. The van der Waals surface area contributed by atoms with E-state index in [9.17, 15) is 0 Å². The molecule has 1 aliphatic heterocycles. The highest BCUT2D eigenvalue weighted by Crippen LogP contribution is 2.22. The lowest BCUT2D eigenvalue weighted by atomic mass is 10.1. The Hall–Kier alpha value is -3.60. The molecule has 2 N–H and O–H groups in total. The predicted molar refractivity (Wildman–Crippen MR) is 136 cm³/mol. The number of nitrogens with one attached hydrogen (secondary N) is 2. The highest BCUT2D eigenvalue weighted by Gasteiger charge is 2.07. The van der Waals surface area contributed by atoms with Gasteiger partial charge in [-0.1, -0.05) is 78.9 Å². The largest absolute Gasteiger partial charge is 0.489 e. The van der Waals surface area contributed by atoms with Gasteiger partial charge < -0.3 is 20.1 Å². The molecule has 0 saturated heterocycles. The van der Waals surface area contributed by atoms with E-state index in [0.717, 1.165) is 59.9 Å². The minimum Gasteiger partial charge on any atom is -0.489 e. The van der Waals surface area contributed by atoms with Crippen LogP contribution in [0.15, 0.2) is 97.1 Å².